The average Bonchev–Trinajstić information content (AvgIpc) is 3.61. The number of aromatic nitrogens is 4. The second-order valence-corrected chi connectivity index (χ2v) is 11.2. The van der Waals surface area contributed by atoms with Crippen LogP contribution in [0.1, 0.15) is 101 Å². The van der Waals surface area contributed by atoms with Gasteiger partial charge in [0.25, 0.3) is 0 Å². The zero-order valence-corrected chi connectivity index (χ0v) is 24.9. The fourth-order valence-corrected chi connectivity index (χ4v) is 5.91. The molecule has 45 heavy (non-hydrogen) atoms. The van der Waals surface area contributed by atoms with E-state index in [-0.39, 0.29) is 11.6 Å². The van der Waals surface area contributed by atoms with Gasteiger partial charge in [-0.1, -0.05) is 6.92 Å². The standard InChI is InChI=1S/C17H17F3N2O.C16H15F3N2O/c1-2-15(23)11-7-9-12(10-8-11)22-14-6-4-3-5-13(14)16(21-22)17(18,19)20;1-10(22)11-6-8-12(9-7-11)21-14-5-3-2-4-13(14)15(20-21)16(17,18)19/h7-10H,2-6H2,1H3;6-9H,2-5H2,1H3. The zero-order chi connectivity index (χ0) is 32.5. The van der Waals surface area contributed by atoms with Gasteiger partial charge in [0.05, 0.1) is 11.4 Å². The first kappa shape index (κ1) is 32.2. The number of hydrogen-bond acceptors (Lipinski definition) is 4. The zero-order valence-electron chi connectivity index (χ0n) is 24.9. The molecule has 0 bridgehead atoms. The molecule has 0 saturated heterocycles. The molecule has 0 radical (unpaired) electrons. The molecule has 238 valence electrons. The van der Waals surface area contributed by atoms with Gasteiger partial charge >= 0.3 is 12.4 Å². The van der Waals surface area contributed by atoms with E-state index in [1.165, 1.54) is 16.3 Å². The highest BCUT2D eigenvalue weighted by Crippen LogP contribution is 2.38. The molecular weight excluding hydrogens is 598 g/mol. The molecule has 0 aliphatic heterocycles. The summed E-state index contributed by atoms with van der Waals surface area (Å²) in [5.41, 5.74) is 2.55. The van der Waals surface area contributed by atoms with Crippen molar-refractivity contribution >= 4 is 11.6 Å². The quantitative estimate of drug-likeness (QED) is 0.164. The largest absolute Gasteiger partial charge is 0.435 e. The van der Waals surface area contributed by atoms with Crippen LogP contribution in [0.2, 0.25) is 0 Å². The molecule has 0 fully saturated rings. The Kier molecular flexibility index (Phi) is 9.04. The van der Waals surface area contributed by atoms with Gasteiger partial charge in [0.1, 0.15) is 0 Å². The van der Waals surface area contributed by atoms with Crippen LogP contribution in [-0.2, 0) is 38.0 Å². The van der Waals surface area contributed by atoms with Gasteiger partial charge in [0.2, 0.25) is 0 Å². The Labute approximate surface area is 256 Å². The number of benzene rings is 2. The van der Waals surface area contributed by atoms with Crippen LogP contribution in [0, 0.1) is 0 Å². The lowest BCUT2D eigenvalue weighted by Gasteiger charge is -2.14. The van der Waals surface area contributed by atoms with Crippen molar-refractivity contribution in [2.75, 3.05) is 0 Å². The third-order valence-electron chi connectivity index (χ3n) is 8.17. The molecule has 2 aliphatic rings. The molecule has 2 aromatic carbocycles. The topological polar surface area (TPSA) is 69.8 Å². The number of halogens is 6. The Morgan fingerprint density at radius 2 is 1.02 bits per heavy atom. The first-order chi connectivity index (χ1) is 21.3. The Hall–Kier alpha value is -4.22. The van der Waals surface area contributed by atoms with Gasteiger partial charge in [-0.3, -0.25) is 9.59 Å². The number of carbonyl (C=O) groups is 2. The number of nitrogens with zero attached hydrogens (tertiary/aromatic N) is 4. The van der Waals surface area contributed by atoms with Gasteiger partial charge in [-0.2, -0.15) is 36.5 Å². The van der Waals surface area contributed by atoms with Crippen LogP contribution in [0.5, 0.6) is 0 Å². The van der Waals surface area contributed by atoms with Crippen LogP contribution in [0.25, 0.3) is 11.4 Å². The SMILES string of the molecule is CC(=O)c1ccc(-n2nc(C(F)(F)F)c3c2CCCC3)cc1.CCC(=O)c1ccc(-n2nc(C(F)(F)F)c3c2CCCC3)cc1. The molecule has 12 heteroatoms. The van der Waals surface area contributed by atoms with Gasteiger partial charge in [-0.15, -0.1) is 0 Å². The Morgan fingerprint density at radius 1 is 0.644 bits per heavy atom. The highest BCUT2D eigenvalue weighted by atomic mass is 19.4. The summed E-state index contributed by atoms with van der Waals surface area (Å²) in [5, 5.41) is 7.65. The van der Waals surface area contributed by atoms with Crippen molar-refractivity contribution in [2.45, 2.75) is 84.0 Å². The van der Waals surface area contributed by atoms with Gasteiger partial charge in [0.15, 0.2) is 23.0 Å². The lowest BCUT2D eigenvalue weighted by molar-refractivity contribution is -0.142. The molecule has 6 rings (SSSR count). The molecule has 0 atom stereocenters. The minimum absolute atomic E-state index is 0.00928. The van der Waals surface area contributed by atoms with E-state index < -0.39 is 23.7 Å². The molecule has 0 saturated carbocycles. The number of fused-ring (bicyclic) bond motifs is 2. The molecule has 2 heterocycles. The Balaban J connectivity index is 0.000000178. The fraction of sp³-hybridized carbons (Fsp3) is 0.394. The fourth-order valence-electron chi connectivity index (χ4n) is 5.91. The molecule has 4 aromatic rings. The van der Waals surface area contributed by atoms with Gasteiger partial charge in [-0.05, 0) is 107 Å². The van der Waals surface area contributed by atoms with E-state index in [1.54, 1.807) is 55.5 Å². The third kappa shape index (κ3) is 6.74. The van der Waals surface area contributed by atoms with E-state index in [9.17, 15) is 35.9 Å². The molecule has 0 amide bonds. The summed E-state index contributed by atoms with van der Waals surface area (Å²) in [6.07, 6.45) is -3.24. The Morgan fingerprint density at radius 3 is 1.38 bits per heavy atom. The first-order valence-corrected chi connectivity index (χ1v) is 14.9. The van der Waals surface area contributed by atoms with Gasteiger partial charge < -0.3 is 0 Å². The van der Waals surface area contributed by atoms with Crippen molar-refractivity contribution < 1.29 is 35.9 Å². The maximum atomic E-state index is 13.2. The summed E-state index contributed by atoms with van der Waals surface area (Å²) in [7, 11) is 0. The lowest BCUT2D eigenvalue weighted by Crippen LogP contribution is -2.11. The normalized spacial score (nSPS) is 14.7. The summed E-state index contributed by atoms with van der Waals surface area (Å²) < 4.78 is 81.8. The summed E-state index contributed by atoms with van der Waals surface area (Å²) >= 11 is 0. The van der Waals surface area contributed by atoms with Crippen LogP contribution in [0.15, 0.2) is 48.5 Å². The monoisotopic (exact) mass is 630 g/mol. The predicted octanol–water partition coefficient (Wildman–Crippen LogP) is 8.34. The maximum absolute atomic E-state index is 13.2. The van der Waals surface area contributed by atoms with Crippen molar-refractivity contribution in [1.29, 1.82) is 0 Å². The van der Waals surface area contributed by atoms with Crippen molar-refractivity contribution in [3.05, 3.63) is 93.6 Å². The second-order valence-electron chi connectivity index (χ2n) is 11.2. The number of ketones is 2. The number of hydrogen-bond donors (Lipinski definition) is 0. The third-order valence-corrected chi connectivity index (χ3v) is 8.17. The highest BCUT2D eigenvalue weighted by Gasteiger charge is 2.40. The highest BCUT2D eigenvalue weighted by molar-refractivity contribution is 5.96. The number of carbonyl (C=O) groups excluding carboxylic acids is 2. The van der Waals surface area contributed by atoms with E-state index in [0.29, 0.717) is 77.1 Å². The summed E-state index contributed by atoms with van der Waals surface area (Å²) in [6.45, 7) is 3.22. The molecule has 0 spiro atoms. The number of rotatable bonds is 5. The van der Waals surface area contributed by atoms with E-state index >= 15 is 0 Å². The first-order valence-electron chi connectivity index (χ1n) is 14.9. The van der Waals surface area contributed by atoms with Crippen LogP contribution >= 0.6 is 0 Å². The van der Waals surface area contributed by atoms with Crippen molar-refractivity contribution in [3.63, 3.8) is 0 Å². The minimum atomic E-state index is -4.44. The molecule has 2 aliphatic carbocycles. The van der Waals surface area contributed by atoms with Crippen molar-refractivity contribution in [2.24, 2.45) is 0 Å². The van der Waals surface area contributed by atoms with Crippen molar-refractivity contribution in [1.82, 2.24) is 19.6 Å². The summed E-state index contributed by atoms with van der Waals surface area (Å²) in [4.78, 5) is 22.9. The second kappa shape index (κ2) is 12.6. The summed E-state index contributed by atoms with van der Waals surface area (Å²) in [6, 6.07) is 13.1. The van der Waals surface area contributed by atoms with Crippen LogP contribution in [0.4, 0.5) is 26.3 Å². The molecular formula is C33H32F6N4O2. The van der Waals surface area contributed by atoms with Crippen LogP contribution < -0.4 is 0 Å². The molecule has 0 N–H and O–H groups in total. The van der Waals surface area contributed by atoms with Gasteiger partial charge in [0, 0.05) is 40.1 Å². The lowest BCUT2D eigenvalue weighted by atomic mass is 9.95. The number of alkyl halides is 6. The molecule has 0 unspecified atom stereocenters. The smallest absolute Gasteiger partial charge is 0.295 e. The predicted molar refractivity (Wildman–Crippen MR) is 155 cm³/mol. The van der Waals surface area contributed by atoms with Gasteiger partial charge in [-0.25, -0.2) is 9.36 Å². The molecule has 6 nitrogen and oxygen atoms in total. The minimum Gasteiger partial charge on any atom is -0.295 e. The number of Topliss-reactive ketones (excluding diaryl/α,β-unsaturated/α-hetero) is 2. The average molecular weight is 631 g/mol. The molecule has 2 aromatic heterocycles. The Bertz CT molecular complexity index is 1700. The van der Waals surface area contributed by atoms with Crippen LogP contribution in [-0.4, -0.2) is 31.1 Å². The van der Waals surface area contributed by atoms with E-state index in [1.807, 2.05) is 0 Å². The van der Waals surface area contributed by atoms with E-state index in [0.717, 1.165) is 25.7 Å². The summed E-state index contributed by atoms with van der Waals surface area (Å²) in [5.74, 6) is -0.0694. The van der Waals surface area contributed by atoms with E-state index in [4.69, 9.17) is 0 Å². The van der Waals surface area contributed by atoms with Crippen LogP contribution in [0.3, 0.4) is 0 Å². The van der Waals surface area contributed by atoms with Crippen molar-refractivity contribution in [3.8, 4) is 11.4 Å². The maximum Gasteiger partial charge on any atom is 0.435 e. The van der Waals surface area contributed by atoms with E-state index in [2.05, 4.69) is 10.2 Å².